The van der Waals surface area contributed by atoms with Crippen LogP contribution in [0.2, 0.25) is 0 Å². The van der Waals surface area contributed by atoms with E-state index < -0.39 is 0 Å². The summed E-state index contributed by atoms with van der Waals surface area (Å²) in [4.78, 5) is 11.1. The number of esters is 1. The largest absolute Gasteiger partial charge is 0.465 e. The van der Waals surface area contributed by atoms with Crippen LogP contribution in [-0.2, 0) is 9.53 Å². The summed E-state index contributed by atoms with van der Waals surface area (Å²) >= 11 is 0. The number of fused-ring (bicyclic) bond motifs is 1. The molecule has 1 N–H and O–H groups in total. The van der Waals surface area contributed by atoms with Gasteiger partial charge in [0.1, 0.15) is 0 Å². The lowest BCUT2D eigenvalue weighted by atomic mass is 9.93. The Morgan fingerprint density at radius 2 is 2.45 bits per heavy atom. The lowest BCUT2D eigenvalue weighted by Gasteiger charge is -2.08. The molecule has 0 amide bonds. The molecule has 0 saturated carbocycles. The third-order valence-electron chi connectivity index (χ3n) is 2.59. The number of hydrogen-bond donors (Lipinski definition) is 1. The predicted molar refractivity (Wildman–Crippen MR) is 40.0 cm³/mol. The Hall–Kier alpha value is -0.570. The summed E-state index contributed by atoms with van der Waals surface area (Å²) in [5.74, 6) is 0.675. The molecule has 2 rings (SSSR count). The standard InChI is InChI=1S/C8H13NO2/c10-8-7-2-1-3-9-4-6(7)5-11-8/h6-7,9H,1-5H2. The Morgan fingerprint density at radius 1 is 1.55 bits per heavy atom. The summed E-state index contributed by atoms with van der Waals surface area (Å²) in [6, 6.07) is 0. The summed E-state index contributed by atoms with van der Waals surface area (Å²) in [5.41, 5.74) is 0. The lowest BCUT2D eigenvalue weighted by Crippen LogP contribution is -2.24. The smallest absolute Gasteiger partial charge is 0.309 e. The van der Waals surface area contributed by atoms with E-state index in [0.29, 0.717) is 12.5 Å². The van der Waals surface area contributed by atoms with E-state index in [-0.39, 0.29) is 11.9 Å². The first-order chi connectivity index (χ1) is 5.38. The van der Waals surface area contributed by atoms with Gasteiger partial charge in [0.2, 0.25) is 0 Å². The van der Waals surface area contributed by atoms with Crippen molar-refractivity contribution in [2.45, 2.75) is 12.8 Å². The third kappa shape index (κ3) is 1.25. The van der Waals surface area contributed by atoms with Gasteiger partial charge in [0.15, 0.2) is 0 Å². The van der Waals surface area contributed by atoms with Crippen molar-refractivity contribution in [1.82, 2.24) is 5.32 Å². The van der Waals surface area contributed by atoms with Crippen LogP contribution >= 0.6 is 0 Å². The molecule has 2 unspecified atom stereocenters. The van der Waals surface area contributed by atoms with Crippen LogP contribution in [0.5, 0.6) is 0 Å². The fraction of sp³-hybridized carbons (Fsp3) is 0.875. The highest BCUT2D eigenvalue weighted by molar-refractivity contribution is 5.74. The van der Waals surface area contributed by atoms with E-state index in [1.807, 2.05) is 0 Å². The van der Waals surface area contributed by atoms with E-state index in [9.17, 15) is 4.79 Å². The monoisotopic (exact) mass is 155 g/mol. The van der Waals surface area contributed by atoms with E-state index >= 15 is 0 Å². The van der Waals surface area contributed by atoms with Crippen LogP contribution in [0.3, 0.4) is 0 Å². The Bertz CT molecular complexity index is 169. The van der Waals surface area contributed by atoms with Gasteiger partial charge in [0, 0.05) is 12.5 Å². The molecule has 0 bridgehead atoms. The van der Waals surface area contributed by atoms with Crippen LogP contribution in [0.1, 0.15) is 12.8 Å². The van der Waals surface area contributed by atoms with E-state index in [0.717, 1.165) is 25.9 Å². The number of carbonyl (C=O) groups excluding carboxylic acids is 1. The quantitative estimate of drug-likeness (QED) is 0.506. The maximum absolute atomic E-state index is 11.1. The van der Waals surface area contributed by atoms with Crippen LogP contribution in [0.15, 0.2) is 0 Å². The van der Waals surface area contributed by atoms with Crippen LogP contribution in [-0.4, -0.2) is 25.7 Å². The van der Waals surface area contributed by atoms with Crippen LogP contribution in [0.4, 0.5) is 0 Å². The van der Waals surface area contributed by atoms with Gasteiger partial charge in [-0.3, -0.25) is 4.79 Å². The molecular formula is C8H13NO2. The van der Waals surface area contributed by atoms with Gasteiger partial charge in [0.05, 0.1) is 12.5 Å². The second-order valence-electron chi connectivity index (χ2n) is 3.34. The van der Waals surface area contributed by atoms with Crippen LogP contribution < -0.4 is 5.32 Å². The van der Waals surface area contributed by atoms with Crippen molar-refractivity contribution in [3.05, 3.63) is 0 Å². The fourth-order valence-electron chi connectivity index (χ4n) is 1.89. The van der Waals surface area contributed by atoms with Gasteiger partial charge in [-0.15, -0.1) is 0 Å². The van der Waals surface area contributed by atoms with Gasteiger partial charge in [-0.25, -0.2) is 0 Å². The topological polar surface area (TPSA) is 38.3 Å². The number of hydrogen-bond acceptors (Lipinski definition) is 3. The molecule has 2 aliphatic heterocycles. The van der Waals surface area contributed by atoms with Gasteiger partial charge >= 0.3 is 5.97 Å². The van der Waals surface area contributed by atoms with E-state index in [1.165, 1.54) is 0 Å². The lowest BCUT2D eigenvalue weighted by molar-refractivity contribution is -0.141. The molecule has 0 aliphatic carbocycles. The second-order valence-corrected chi connectivity index (χ2v) is 3.34. The SMILES string of the molecule is O=C1OCC2CNCCCC12. The Kier molecular flexibility index (Phi) is 1.82. The number of cyclic esters (lactones) is 1. The van der Waals surface area contributed by atoms with Gasteiger partial charge in [-0.1, -0.05) is 0 Å². The Balaban J connectivity index is 2.06. The average molecular weight is 155 g/mol. The molecule has 62 valence electrons. The molecule has 3 nitrogen and oxygen atoms in total. The molecule has 2 atom stereocenters. The minimum absolute atomic E-state index is 0.0266. The minimum atomic E-state index is 0.0266. The van der Waals surface area contributed by atoms with E-state index in [2.05, 4.69) is 5.32 Å². The van der Waals surface area contributed by atoms with Gasteiger partial charge in [-0.05, 0) is 19.4 Å². The van der Waals surface area contributed by atoms with Crippen molar-refractivity contribution in [2.24, 2.45) is 11.8 Å². The average Bonchev–Trinajstić information content (AvgIpc) is 2.25. The highest BCUT2D eigenvalue weighted by Gasteiger charge is 2.36. The molecule has 0 aromatic carbocycles. The van der Waals surface area contributed by atoms with Crippen molar-refractivity contribution in [3.63, 3.8) is 0 Å². The molecule has 2 heterocycles. The summed E-state index contributed by atoms with van der Waals surface area (Å²) < 4.78 is 4.98. The van der Waals surface area contributed by atoms with E-state index in [4.69, 9.17) is 4.74 Å². The number of nitrogens with one attached hydrogen (secondary N) is 1. The summed E-state index contributed by atoms with van der Waals surface area (Å²) in [6.07, 6.45) is 2.12. The molecule has 2 fully saturated rings. The van der Waals surface area contributed by atoms with Crippen LogP contribution in [0, 0.1) is 11.8 Å². The zero-order valence-corrected chi connectivity index (χ0v) is 6.51. The molecule has 0 aromatic rings. The maximum atomic E-state index is 11.1. The molecule has 0 aromatic heterocycles. The Labute approximate surface area is 66.1 Å². The maximum Gasteiger partial charge on any atom is 0.309 e. The van der Waals surface area contributed by atoms with Crippen molar-refractivity contribution in [3.8, 4) is 0 Å². The molecule has 11 heavy (non-hydrogen) atoms. The molecule has 2 aliphatic rings. The van der Waals surface area contributed by atoms with Gasteiger partial charge in [-0.2, -0.15) is 0 Å². The number of rotatable bonds is 0. The molecule has 0 spiro atoms. The first-order valence-corrected chi connectivity index (χ1v) is 4.25. The fourth-order valence-corrected chi connectivity index (χ4v) is 1.89. The summed E-state index contributed by atoms with van der Waals surface area (Å²) in [6.45, 7) is 2.65. The zero-order chi connectivity index (χ0) is 7.68. The van der Waals surface area contributed by atoms with Gasteiger partial charge in [0.25, 0.3) is 0 Å². The highest BCUT2D eigenvalue weighted by Crippen LogP contribution is 2.27. The molecule has 0 radical (unpaired) electrons. The summed E-state index contributed by atoms with van der Waals surface area (Å²) in [7, 11) is 0. The van der Waals surface area contributed by atoms with Crippen molar-refractivity contribution in [2.75, 3.05) is 19.7 Å². The highest BCUT2D eigenvalue weighted by atomic mass is 16.5. The minimum Gasteiger partial charge on any atom is -0.465 e. The zero-order valence-electron chi connectivity index (χ0n) is 6.51. The normalized spacial score (nSPS) is 37.6. The first kappa shape index (κ1) is 7.10. The second kappa shape index (κ2) is 2.81. The number of ether oxygens (including phenoxy) is 1. The van der Waals surface area contributed by atoms with Crippen molar-refractivity contribution >= 4 is 5.97 Å². The predicted octanol–water partition coefficient (Wildman–Crippen LogP) is 0.159. The summed E-state index contributed by atoms with van der Waals surface area (Å²) in [5, 5.41) is 3.31. The number of carbonyl (C=O) groups is 1. The molecule has 2 saturated heterocycles. The van der Waals surface area contributed by atoms with Crippen molar-refractivity contribution in [1.29, 1.82) is 0 Å². The van der Waals surface area contributed by atoms with Crippen LogP contribution in [0.25, 0.3) is 0 Å². The Morgan fingerprint density at radius 3 is 3.36 bits per heavy atom. The van der Waals surface area contributed by atoms with Gasteiger partial charge < -0.3 is 10.1 Å². The first-order valence-electron chi connectivity index (χ1n) is 4.25. The molecular weight excluding hydrogens is 142 g/mol. The van der Waals surface area contributed by atoms with Crippen molar-refractivity contribution < 1.29 is 9.53 Å². The third-order valence-corrected chi connectivity index (χ3v) is 2.59. The molecule has 3 heteroatoms. The van der Waals surface area contributed by atoms with E-state index in [1.54, 1.807) is 0 Å².